The molecule has 0 aromatic heterocycles. The number of phenols is 1. The summed E-state index contributed by atoms with van der Waals surface area (Å²) in [6.45, 7) is 0.220. The van der Waals surface area contributed by atoms with Crippen molar-refractivity contribution in [2.24, 2.45) is 0 Å². The molecule has 1 aliphatic rings. The van der Waals surface area contributed by atoms with Crippen molar-refractivity contribution in [3.05, 3.63) is 29.8 Å². The molecule has 1 saturated carbocycles. The van der Waals surface area contributed by atoms with E-state index in [0.717, 1.165) is 18.4 Å². The smallest absolute Gasteiger partial charge is 0.115 e. The summed E-state index contributed by atoms with van der Waals surface area (Å²) in [5.74, 6) is 0.288. The number of rotatable bonds is 2. The van der Waals surface area contributed by atoms with Gasteiger partial charge in [0.15, 0.2) is 0 Å². The van der Waals surface area contributed by atoms with E-state index in [1.165, 1.54) is 6.42 Å². The Bertz CT molecular complexity index is 280. The Balaban J connectivity index is 2.28. The van der Waals surface area contributed by atoms with Crippen LogP contribution in [0, 0.1) is 0 Å². The molecule has 13 heavy (non-hydrogen) atoms. The fourth-order valence-corrected chi connectivity index (χ4v) is 1.96. The fraction of sp³-hybridized carbons (Fsp3) is 0.455. The average Bonchev–Trinajstić information content (AvgIpc) is 2.07. The van der Waals surface area contributed by atoms with E-state index >= 15 is 0 Å². The molecule has 2 nitrogen and oxygen atoms in total. The van der Waals surface area contributed by atoms with E-state index in [9.17, 15) is 5.11 Å². The summed E-state index contributed by atoms with van der Waals surface area (Å²) in [4.78, 5) is 0. The Morgan fingerprint density at radius 1 is 1.15 bits per heavy atom. The second-order valence-corrected chi connectivity index (χ2v) is 3.84. The molecule has 2 heteroatoms. The molecule has 0 unspecified atom stereocenters. The Kier molecular flexibility index (Phi) is 2.00. The number of benzene rings is 1. The van der Waals surface area contributed by atoms with Crippen LogP contribution in [0.25, 0.3) is 0 Å². The lowest BCUT2D eigenvalue weighted by molar-refractivity contribution is 0.120. The zero-order chi connectivity index (χ0) is 9.31. The second-order valence-electron chi connectivity index (χ2n) is 3.84. The summed E-state index contributed by atoms with van der Waals surface area (Å²) in [6, 6.07) is 7.19. The molecule has 1 aromatic rings. The van der Waals surface area contributed by atoms with Gasteiger partial charge in [0.05, 0.1) is 6.61 Å². The minimum absolute atomic E-state index is 0.00625. The molecule has 2 N–H and O–H groups in total. The Labute approximate surface area is 77.8 Å². The monoisotopic (exact) mass is 178 g/mol. The third-order valence-electron chi connectivity index (χ3n) is 3.09. The second kappa shape index (κ2) is 3.04. The summed E-state index contributed by atoms with van der Waals surface area (Å²) in [7, 11) is 0. The molecule has 0 heterocycles. The number of aromatic hydroxyl groups is 1. The summed E-state index contributed by atoms with van der Waals surface area (Å²) >= 11 is 0. The van der Waals surface area contributed by atoms with Crippen LogP contribution in [-0.4, -0.2) is 16.8 Å². The molecule has 70 valence electrons. The summed E-state index contributed by atoms with van der Waals surface area (Å²) < 4.78 is 0. The van der Waals surface area contributed by atoms with Crippen LogP contribution >= 0.6 is 0 Å². The van der Waals surface area contributed by atoms with E-state index in [2.05, 4.69) is 0 Å². The Hall–Kier alpha value is -1.02. The molecule has 0 bridgehead atoms. The van der Waals surface area contributed by atoms with E-state index in [4.69, 9.17) is 5.11 Å². The minimum atomic E-state index is -0.00625. The molecule has 0 aliphatic heterocycles. The van der Waals surface area contributed by atoms with Crippen LogP contribution in [0.1, 0.15) is 24.8 Å². The van der Waals surface area contributed by atoms with Crippen molar-refractivity contribution in [3.8, 4) is 5.75 Å². The van der Waals surface area contributed by atoms with Crippen molar-refractivity contribution >= 4 is 0 Å². The first-order valence-corrected chi connectivity index (χ1v) is 4.67. The van der Waals surface area contributed by atoms with Gasteiger partial charge >= 0.3 is 0 Å². The van der Waals surface area contributed by atoms with Crippen molar-refractivity contribution in [2.45, 2.75) is 24.7 Å². The predicted octanol–water partition coefficient (Wildman–Crippen LogP) is 1.81. The third kappa shape index (κ3) is 1.31. The first-order valence-electron chi connectivity index (χ1n) is 4.67. The largest absolute Gasteiger partial charge is 0.508 e. The van der Waals surface area contributed by atoms with Crippen molar-refractivity contribution < 1.29 is 10.2 Å². The molecule has 1 aliphatic carbocycles. The molecule has 2 rings (SSSR count). The maximum absolute atomic E-state index is 9.30. The normalized spacial score (nSPS) is 19.5. The van der Waals surface area contributed by atoms with Crippen molar-refractivity contribution in [1.29, 1.82) is 0 Å². The maximum atomic E-state index is 9.30. The van der Waals surface area contributed by atoms with Gasteiger partial charge in [-0.05, 0) is 30.5 Å². The van der Waals surface area contributed by atoms with Crippen molar-refractivity contribution in [3.63, 3.8) is 0 Å². The van der Waals surface area contributed by atoms with E-state index in [-0.39, 0.29) is 17.8 Å². The lowest BCUT2D eigenvalue weighted by Crippen LogP contribution is -2.37. The standard InChI is InChI=1S/C11H14O2/c12-8-11(6-1-7-11)9-2-4-10(13)5-3-9/h2-5,12-13H,1,6-8H2. The van der Waals surface area contributed by atoms with Gasteiger partial charge in [0.1, 0.15) is 5.75 Å². The van der Waals surface area contributed by atoms with Gasteiger partial charge < -0.3 is 10.2 Å². The highest BCUT2D eigenvalue weighted by molar-refractivity contribution is 5.33. The molecule has 0 amide bonds. The van der Waals surface area contributed by atoms with Gasteiger partial charge in [-0.3, -0.25) is 0 Å². The lowest BCUT2D eigenvalue weighted by Gasteiger charge is -2.40. The van der Waals surface area contributed by atoms with Crippen LogP contribution in [0.15, 0.2) is 24.3 Å². The molecule has 1 fully saturated rings. The molecule has 0 atom stereocenters. The van der Waals surface area contributed by atoms with Crippen LogP contribution in [0.2, 0.25) is 0 Å². The highest BCUT2D eigenvalue weighted by Gasteiger charge is 2.37. The highest BCUT2D eigenvalue weighted by atomic mass is 16.3. The third-order valence-corrected chi connectivity index (χ3v) is 3.09. The zero-order valence-electron chi connectivity index (χ0n) is 7.53. The van der Waals surface area contributed by atoms with Gasteiger partial charge in [0.2, 0.25) is 0 Å². The maximum Gasteiger partial charge on any atom is 0.115 e. The van der Waals surface area contributed by atoms with Crippen LogP contribution in [0.5, 0.6) is 5.75 Å². The molecule has 0 saturated heterocycles. The SMILES string of the molecule is OCC1(c2ccc(O)cc2)CCC1. The molecule has 0 spiro atoms. The van der Waals surface area contributed by atoms with Crippen LogP contribution in [0.4, 0.5) is 0 Å². The number of phenolic OH excluding ortho intramolecular Hbond substituents is 1. The van der Waals surface area contributed by atoms with Gasteiger partial charge in [-0.25, -0.2) is 0 Å². The number of aliphatic hydroxyl groups is 1. The van der Waals surface area contributed by atoms with Gasteiger partial charge in [0, 0.05) is 5.41 Å². The molecule has 0 radical (unpaired) electrons. The predicted molar refractivity (Wildman–Crippen MR) is 50.7 cm³/mol. The summed E-state index contributed by atoms with van der Waals surface area (Å²) in [5, 5.41) is 18.4. The van der Waals surface area contributed by atoms with Gasteiger partial charge in [-0.15, -0.1) is 0 Å². The Morgan fingerprint density at radius 2 is 1.77 bits per heavy atom. The fourth-order valence-electron chi connectivity index (χ4n) is 1.96. The lowest BCUT2D eigenvalue weighted by atomic mass is 9.65. The number of hydrogen-bond donors (Lipinski definition) is 2. The highest BCUT2D eigenvalue weighted by Crippen LogP contribution is 2.43. The minimum Gasteiger partial charge on any atom is -0.508 e. The van der Waals surface area contributed by atoms with Crippen molar-refractivity contribution in [2.75, 3.05) is 6.61 Å². The number of hydrogen-bond acceptors (Lipinski definition) is 2. The van der Waals surface area contributed by atoms with E-state index in [1.54, 1.807) is 12.1 Å². The van der Waals surface area contributed by atoms with Gasteiger partial charge in [-0.2, -0.15) is 0 Å². The van der Waals surface area contributed by atoms with Gasteiger partial charge in [0.25, 0.3) is 0 Å². The molecular weight excluding hydrogens is 164 g/mol. The van der Waals surface area contributed by atoms with E-state index < -0.39 is 0 Å². The zero-order valence-corrected chi connectivity index (χ0v) is 7.53. The summed E-state index contributed by atoms with van der Waals surface area (Å²) in [6.07, 6.45) is 3.32. The summed E-state index contributed by atoms with van der Waals surface area (Å²) in [5.41, 5.74) is 1.15. The number of aliphatic hydroxyl groups excluding tert-OH is 1. The topological polar surface area (TPSA) is 40.5 Å². The quantitative estimate of drug-likeness (QED) is 0.725. The first kappa shape index (κ1) is 8.57. The average molecular weight is 178 g/mol. The van der Waals surface area contributed by atoms with E-state index in [1.807, 2.05) is 12.1 Å². The molecule has 1 aromatic carbocycles. The van der Waals surface area contributed by atoms with Crippen LogP contribution < -0.4 is 0 Å². The van der Waals surface area contributed by atoms with E-state index in [0.29, 0.717) is 0 Å². The van der Waals surface area contributed by atoms with Crippen molar-refractivity contribution in [1.82, 2.24) is 0 Å². The van der Waals surface area contributed by atoms with Crippen LogP contribution in [-0.2, 0) is 5.41 Å². The Morgan fingerprint density at radius 3 is 2.15 bits per heavy atom. The van der Waals surface area contributed by atoms with Gasteiger partial charge in [-0.1, -0.05) is 18.6 Å². The first-order chi connectivity index (χ1) is 6.27. The van der Waals surface area contributed by atoms with Crippen LogP contribution in [0.3, 0.4) is 0 Å². The molecular formula is C11H14O2.